The molecule has 0 saturated carbocycles. The molecule has 0 bridgehead atoms. The maximum Gasteiger partial charge on any atom is 0.281 e. The van der Waals surface area contributed by atoms with Crippen LogP contribution in [0.5, 0.6) is 0 Å². The van der Waals surface area contributed by atoms with E-state index in [4.69, 9.17) is 11.6 Å². The first-order valence-corrected chi connectivity index (χ1v) is 8.25. The second-order valence-electron chi connectivity index (χ2n) is 4.10. The summed E-state index contributed by atoms with van der Waals surface area (Å²) in [5.74, 6) is 1.75. The van der Waals surface area contributed by atoms with Gasteiger partial charge in [0.05, 0.1) is 0 Å². The predicted octanol–water partition coefficient (Wildman–Crippen LogP) is 4.76. The van der Waals surface area contributed by atoms with Crippen molar-refractivity contribution in [3.05, 3.63) is 0 Å². The van der Waals surface area contributed by atoms with Crippen molar-refractivity contribution in [1.82, 2.24) is 4.90 Å². The molecule has 0 atom stereocenters. The number of hydrogen-bond acceptors (Lipinski definition) is 2. The fourth-order valence-electron chi connectivity index (χ4n) is 1.64. The van der Waals surface area contributed by atoms with E-state index in [9.17, 15) is 4.79 Å². The van der Waals surface area contributed by atoms with Crippen molar-refractivity contribution < 1.29 is 4.79 Å². The Kier molecular flexibility index (Phi) is 12.6. The Balaban J connectivity index is 3.30. The van der Waals surface area contributed by atoms with E-state index >= 15 is 0 Å². The molecule has 0 unspecified atom stereocenters. The first-order chi connectivity index (χ1) is 8.26. The summed E-state index contributed by atoms with van der Waals surface area (Å²) < 4.78 is 0. The molecule has 0 aromatic carbocycles. The monoisotopic (exact) mass is 279 g/mol. The van der Waals surface area contributed by atoms with Crippen molar-refractivity contribution in [2.45, 2.75) is 52.4 Å². The third-order valence-electron chi connectivity index (χ3n) is 2.78. The zero-order valence-electron chi connectivity index (χ0n) is 11.2. The summed E-state index contributed by atoms with van der Waals surface area (Å²) in [5.41, 5.74) is 0. The predicted molar refractivity (Wildman–Crippen MR) is 79.2 cm³/mol. The molecule has 0 rings (SSSR count). The maximum absolute atomic E-state index is 11.7. The normalized spacial score (nSPS) is 10.5. The van der Waals surface area contributed by atoms with E-state index in [1.54, 1.807) is 0 Å². The van der Waals surface area contributed by atoms with E-state index in [0.29, 0.717) is 0 Å². The van der Waals surface area contributed by atoms with Gasteiger partial charge < -0.3 is 4.90 Å². The van der Waals surface area contributed by atoms with Gasteiger partial charge in [0.1, 0.15) is 0 Å². The number of alkyl halides is 1. The molecule has 0 N–H and O–H groups in total. The van der Waals surface area contributed by atoms with Crippen LogP contribution in [0.3, 0.4) is 0 Å². The quantitative estimate of drug-likeness (QED) is 0.424. The van der Waals surface area contributed by atoms with Crippen LogP contribution in [0.25, 0.3) is 0 Å². The maximum atomic E-state index is 11.7. The van der Waals surface area contributed by atoms with E-state index < -0.39 is 0 Å². The number of halogens is 1. The average Bonchev–Trinajstić information content (AvgIpc) is 2.34. The van der Waals surface area contributed by atoms with Crippen molar-refractivity contribution in [3.8, 4) is 0 Å². The number of carbonyl (C=O) groups excluding carboxylic acids is 1. The van der Waals surface area contributed by atoms with Gasteiger partial charge in [0.25, 0.3) is 5.24 Å². The molecule has 0 aliphatic carbocycles. The van der Waals surface area contributed by atoms with Crippen LogP contribution in [-0.4, -0.2) is 34.9 Å². The molecule has 0 heterocycles. The van der Waals surface area contributed by atoms with Gasteiger partial charge >= 0.3 is 0 Å². The van der Waals surface area contributed by atoms with Crippen molar-refractivity contribution in [1.29, 1.82) is 0 Å². The largest absolute Gasteiger partial charge is 0.334 e. The molecule has 0 aromatic heterocycles. The minimum atomic E-state index is 0.233. The molecular weight excluding hydrogens is 254 g/mol. The lowest BCUT2D eigenvalue weighted by molar-refractivity contribution is 0.228. The first kappa shape index (κ1) is 17.1. The van der Waals surface area contributed by atoms with Crippen molar-refractivity contribution >= 4 is 28.6 Å². The Bertz CT molecular complexity index is 186. The lowest BCUT2D eigenvalue weighted by atomic mass is 10.1. The fraction of sp³-hybridized carbons (Fsp3) is 0.923. The van der Waals surface area contributed by atoms with Crippen LogP contribution >= 0.6 is 23.4 Å². The van der Waals surface area contributed by atoms with Gasteiger partial charge in [-0.05, 0) is 26.7 Å². The summed E-state index contributed by atoms with van der Waals surface area (Å²) in [5, 5.41) is 0.233. The third kappa shape index (κ3) is 9.78. The summed E-state index contributed by atoms with van der Waals surface area (Å²) in [7, 11) is 0. The molecule has 0 aliphatic rings. The highest BCUT2D eigenvalue weighted by atomic mass is 35.5. The first-order valence-electron chi connectivity index (χ1n) is 6.73. The second-order valence-corrected chi connectivity index (χ2v) is 5.52. The van der Waals surface area contributed by atoms with Crippen LogP contribution in [0.15, 0.2) is 0 Å². The summed E-state index contributed by atoms with van der Waals surface area (Å²) in [4.78, 5) is 13.5. The van der Waals surface area contributed by atoms with E-state index in [0.717, 1.165) is 37.6 Å². The van der Waals surface area contributed by atoms with Crippen LogP contribution in [0.4, 0.5) is 4.79 Å². The van der Waals surface area contributed by atoms with Gasteiger partial charge in [-0.15, -0.1) is 11.6 Å². The number of unbranched alkanes of at least 4 members (excludes halogenated alkanes) is 5. The summed E-state index contributed by atoms with van der Waals surface area (Å²) in [6.07, 6.45) is 7.32. The molecule has 0 fully saturated rings. The number of amides is 1. The summed E-state index contributed by atoms with van der Waals surface area (Å²) >= 11 is 7.08. The van der Waals surface area contributed by atoms with Crippen LogP contribution in [-0.2, 0) is 0 Å². The zero-order chi connectivity index (χ0) is 12.9. The Morgan fingerprint density at radius 2 is 1.53 bits per heavy atom. The minimum absolute atomic E-state index is 0.233. The molecule has 17 heavy (non-hydrogen) atoms. The molecule has 2 nitrogen and oxygen atoms in total. The smallest absolute Gasteiger partial charge is 0.281 e. The fourth-order valence-corrected chi connectivity index (χ4v) is 2.79. The molecule has 4 heteroatoms. The molecule has 1 amide bonds. The Morgan fingerprint density at radius 1 is 1.00 bits per heavy atom. The molecule has 0 saturated heterocycles. The minimum Gasteiger partial charge on any atom is -0.334 e. The van der Waals surface area contributed by atoms with Gasteiger partial charge in [-0.3, -0.25) is 4.79 Å². The van der Waals surface area contributed by atoms with Gasteiger partial charge in [-0.1, -0.05) is 37.4 Å². The number of nitrogens with zero attached hydrogens (tertiary/aromatic N) is 1. The Morgan fingerprint density at radius 3 is 2.06 bits per heavy atom. The van der Waals surface area contributed by atoms with E-state index in [2.05, 4.69) is 0 Å². The lowest BCUT2D eigenvalue weighted by Crippen LogP contribution is -2.26. The van der Waals surface area contributed by atoms with E-state index in [-0.39, 0.29) is 5.24 Å². The van der Waals surface area contributed by atoms with Gasteiger partial charge in [0, 0.05) is 24.7 Å². The molecule has 102 valence electrons. The highest BCUT2D eigenvalue weighted by molar-refractivity contribution is 8.13. The number of thioether (sulfide) groups is 1. The Labute approximate surface area is 115 Å². The molecular formula is C13H26ClNOS. The highest BCUT2D eigenvalue weighted by Gasteiger charge is 2.08. The molecule has 0 radical (unpaired) electrons. The van der Waals surface area contributed by atoms with Crippen LogP contribution in [0.1, 0.15) is 52.4 Å². The van der Waals surface area contributed by atoms with Gasteiger partial charge in [-0.2, -0.15) is 0 Å². The highest BCUT2D eigenvalue weighted by Crippen LogP contribution is 2.13. The van der Waals surface area contributed by atoms with Gasteiger partial charge in [-0.25, -0.2) is 0 Å². The summed E-state index contributed by atoms with van der Waals surface area (Å²) in [6, 6.07) is 0. The number of carbonyl (C=O) groups is 1. The molecule has 0 aromatic rings. The van der Waals surface area contributed by atoms with E-state index in [1.165, 1.54) is 37.4 Å². The SMILES string of the molecule is CCN(CC)C(=O)SCCCCCCCCCl. The average molecular weight is 280 g/mol. The van der Waals surface area contributed by atoms with Crippen LogP contribution < -0.4 is 0 Å². The van der Waals surface area contributed by atoms with Gasteiger partial charge in [0.2, 0.25) is 0 Å². The van der Waals surface area contributed by atoms with Crippen LogP contribution in [0.2, 0.25) is 0 Å². The molecule has 0 spiro atoms. The number of rotatable bonds is 10. The van der Waals surface area contributed by atoms with Gasteiger partial charge in [0.15, 0.2) is 0 Å². The lowest BCUT2D eigenvalue weighted by Gasteiger charge is -2.17. The third-order valence-corrected chi connectivity index (χ3v) is 4.04. The van der Waals surface area contributed by atoms with Crippen LogP contribution in [0, 0.1) is 0 Å². The second kappa shape index (κ2) is 12.6. The molecule has 0 aliphatic heterocycles. The topological polar surface area (TPSA) is 20.3 Å². The number of hydrogen-bond donors (Lipinski definition) is 0. The zero-order valence-corrected chi connectivity index (χ0v) is 12.8. The van der Waals surface area contributed by atoms with E-state index in [1.807, 2.05) is 18.7 Å². The standard InChI is InChI=1S/C13H26ClNOS/c1-3-15(4-2)13(16)17-12-10-8-6-5-7-9-11-14/h3-12H2,1-2H3. The van der Waals surface area contributed by atoms with Crippen molar-refractivity contribution in [3.63, 3.8) is 0 Å². The summed E-state index contributed by atoms with van der Waals surface area (Å²) in [6.45, 7) is 5.69. The van der Waals surface area contributed by atoms with Crippen molar-refractivity contribution in [2.24, 2.45) is 0 Å². The van der Waals surface area contributed by atoms with Crippen molar-refractivity contribution in [2.75, 3.05) is 24.7 Å². The Hall–Kier alpha value is 0.110.